The second-order valence-corrected chi connectivity index (χ2v) is 3.30. The van der Waals surface area contributed by atoms with Gasteiger partial charge in [-0.3, -0.25) is 4.74 Å². The van der Waals surface area contributed by atoms with Crippen LogP contribution < -0.4 is 0 Å². The van der Waals surface area contributed by atoms with Gasteiger partial charge in [0.1, 0.15) is 6.10 Å². The van der Waals surface area contributed by atoms with Crippen LogP contribution in [0.1, 0.15) is 12.5 Å². The molecule has 0 bridgehead atoms. The van der Waals surface area contributed by atoms with Crippen molar-refractivity contribution < 1.29 is 28.1 Å². The third-order valence-corrected chi connectivity index (χ3v) is 2.08. The molecule has 1 rings (SSSR count). The van der Waals surface area contributed by atoms with Crippen molar-refractivity contribution in [2.24, 2.45) is 0 Å². The molecule has 0 saturated carbocycles. The third-order valence-electron chi connectivity index (χ3n) is 2.08. The maximum atomic E-state index is 11.9. The van der Waals surface area contributed by atoms with E-state index in [1.807, 2.05) is 0 Å². The van der Waals surface area contributed by atoms with Gasteiger partial charge in [0.25, 0.3) is 0 Å². The van der Waals surface area contributed by atoms with E-state index in [2.05, 4.69) is 4.74 Å². The van der Waals surface area contributed by atoms with Crippen LogP contribution in [0.3, 0.4) is 0 Å². The third kappa shape index (κ3) is 3.19. The summed E-state index contributed by atoms with van der Waals surface area (Å²) in [5.74, 6) is -2.68. The summed E-state index contributed by atoms with van der Waals surface area (Å²) in [5, 5.41) is 19.1. The smallest absolute Gasteiger partial charge is 0.360 e. The Morgan fingerprint density at radius 2 is 1.62 bits per heavy atom. The summed E-state index contributed by atoms with van der Waals surface area (Å²) in [5.41, 5.74) is -0.0632. The van der Waals surface area contributed by atoms with Gasteiger partial charge in [0.2, 0.25) is 5.79 Å². The Labute approximate surface area is 90.1 Å². The van der Waals surface area contributed by atoms with E-state index in [1.165, 1.54) is 24.3 Å². The van der Waals surface area contributed by atoms with Crippen LogP contribution >= 0.6 is 0 Å². The molecule has 0 spiro atoms. The summed E-state index contributed by atoms with van der Waals surface area (Å²) in [4.78, 5) is 0. The van der Waals surface area contributed by atoms with Gasteiger partial charge in [-0.15, -0.1) is 13.2 Å². The van der Waals surface area contributed by atoms with Crippen LogP contribution in [-0.4, -0.2) is 22.7 Å². The van der Waals surface area contributed by atoms with E-state index in [-0.39, 0.29) is 5.56 Å². The highest BCUT2D eigenvalue weighted by Crippen LogP contribution is 2.29. The molecule has 0 fully saturated rings. The van der Waals surface area contributed by atoms with Crippen molar-refractivity contribution in [3.8, 4) is 0 Å². The Bertz CT molecular complexity index is 335. The van der Waals surface area contributed by atoms with Gasteiger partial charge < -0.3 is 10.2 Å². The predicted octanol–water partition coefficient (Wildman–Crippen LogP) is 1.75. The molecular formula is C10H11F3O3. The van der Waals surface area contributed by atoms with Gasteiger partial charge in [0.05, 0.1) is 0 Å². The quantitative estimate of drug-likeness (QED) is 0.786. The Hall–Kier alpha value is -1.11. The second-order valence-electron chi connectivity index (χ2n) is 3.30. The first-order valence-corrected chi connectivity index (χ1v) is 4.48. The topological polar surface area (TPSA) is 49.7 Å². The molecule has 1 unspecified atom stereocenters. The minimum absolute atomic E-state index is 0.0632. The van der Waals surface area contributed by atoms with Gasteiger partial charge in [-0.2, -0.15) is 0 Å². The Balaban J connectivity index is 2.86. The number of hydrogen-bond donors (Lipinski definition) is 2. The Morgan fingerprint density at radius 3 is 2.06 bits per heavy atom. The molecular weight excluding hydrogens is 225 g/mol. The zero-order valence-corrected chi connectivity index (χ0v) is 8.40. The molecule has 6 heteroatoms. The van der Waals surface area contributed by atoms with E-state index in [9.17, 15) is 23.4 Å². The van der Waals surface area contributed by atoms with E-state index in [4.69, 9.17) is 0 Å². The van der Waals surface area contributed by atoms with E-state index >= 15 is 0 Å². The van der Waals surface area contributed by atoms with Gasteiger partial charge in [0.15, 0.2) is 0 Å². The first-order valence-electron chi connectivity index (χ1n) is 4.48. The van der Waals surface area contributed by atoms with Crippen molar-refractivity contribution in [2.75, 3.05) is 0 Å². The van der Waals surface area contributed by atoms with Gasteiger partial charge in [-0.05, 0) is 6.92 Å². The molecule has 1 aromatic carbocycles. The lowest BCUT2D eigenvalue weighted by molar-refractivity contribution is -0.382. The molecule has 0 aliphatic rings. The highest BCUT2D eigenvalue weighted by atomic mass is 19.4. The number of benzene rings is 1. The van der Waals surface area contributed by atoms with Crippen LogP contribution in [-0.2, 0) is 10.5 Å². The number of hydrogen-bond acceptors (Lipinski definition) is 3. The van der Waals surface area contributed by atoms with Crippen LogP contribution in [0.4, 0.5) is 13.2 Å². The summed E-state index contributed by atoms with van der Waals surface area (Å²) >= 11 is 0. The average Bonchev–Trinajstić information content (AvgIpc) is 2.16. The van der Waals surface area contributed by atoms with Gasteiger partial charge in [-0.25, -0.2) is 0 Å². The Morgan fingerprint density at radius 1 is 1.12 bits per heavy atom. The molecule has 2 N–H and O–H groups in total. The summed E-state index contributed by atoms with van der Waals surface area (Å²) in [6.07, 6.45) is -6.74. The van der Waals surface area contributed by atoms with E-state index in [0.717, 1.165) is 6.92 Å². The summed E-state index contributed by atoms with van der Waals surface area (Å²) in [7, 11) is 0. The fourth-order valence-corrected chi connectivity index (χ4v) is 1.20. The Kier molecular flexibility index (Phi) is 3.57. The lowest BCUT2D eigenvalue weighted by Crippen LogP contribution is -2.42. The van der Waals surface area contributed by atoms with Crippen LogP contribution in [0.5, 0.6) is 0 Å². The molecule has 3 nitrogen and oxygen atoms in total. The maximum absolute atomic E-state index is 11.9. The van der Waals surface area contributed by atoms with Gasteiger partial charge in [0, 0.05) is 5.56 Å². The zero-order chi connectivity index (χ0) is 12.4. The van der Waals surface area contributed by atoms with Crippen LogP contribution in [0, 0.1) is 0 Å². The predicted molar refractivity (Wildman–Crippen MR) is 49.2 cm³/mol. The molecule has 90 valence electrons. The molecule has 0 amide bonds. The zero-order valence-electron chi connectivity index (χ0n) is 8.40. The monoisotopic (exact) mass is 236 g/mol. The number of alkyl halides is 3. The fourth-order valence-electron chi connectivity index (χ4n) is 1.20. The van der Waals surface area contributed by atoms with Crippen LogP contribution in [0.15, 0.2) is 30.3 Å². The lowest BCUT2D eigenvalue weighted by Gasteiger charge is -2.29. The largest absolute Gasteiger partial charge is 0.522 e. The standard InChI is InChI=1S/C10H11F3O3/c1-7(16-10(11,12)13)9(14,15)8-5-3-2-4-6-8/h2-7,14-15H,1H3. The normalized spacial score (nSPS) is 14.9. The molecule has 0 radical (unpaired) electrons. The SMILES string of the molecule is CC(OC(F)(F)F)C(O)(O)c1ccccc1. The van der Waals surface area contributed by atoms with E-state index < -0.39 is 18.3 Å². The van der Waals surface area contributed by atoms with E-state index in [1.54, 1.807) is 6.07 Å². The molecule has 0 heterocycles. The molecule has 1 atom stereocenters. The maximum Gasteiger partial charge on any atom is 0.522 e. The molecule has 0 saturated heterocycles. The minimum atomic E-state index is -4.91. The summed E-state index contributed by atoms with van der Waals surface area (Å²) < 4.78 is 39.3. The minimum Gasteiger partial charge on any atom is -0.360 e. The number of rotatable bonds is 3. The molecule has 0 aliphatic heterocycles. The second kappa shape index (κ2) is 4.40. The van der Waals surface area contributed by atoms with Crippen molar-refractivity contribution in [3.63, 3.8) is 0 Å². The van der Waals surface area contributed by atoms with Crippen LogP contribution in [0.25, 0.3) is 0 Å². The van der Waals surface area contributed by atoms with Crippen molar-refractivity contribution in [1.29, 1.82) is 0 Å². The molecule has 1 aromatic rings. The highest BCUT2D eigenvalue weighted by Gasteiger charge is 2.42. The first kappa shape index (κ1) is 13.0. The molecule has 16 heavy (non-hydrogen) atoms. The van der Waals surface area contributed by atoms with Gasteiger partial charge in [-0.1, -0.05) is 30.3 Å². The number of ether oxygens (including phenoxy) is 1. The summed E-state index contributed by atoms with van der Waals surface area (Å²) in [6.45, 7) is 0.931. The summed E-state index contributed by atoms with van der Waals surface area (Å²) in [6, 6.07) is 7.18. The lowest BCUT2D eigenvalue weighted by atomic mass is 10.0. The van der Waals surface area contributed by atoms with Crippen molar-refractivity contribution >= 4 is 0 Å². The average molecular weight is 236 g/mol. The van der Waals surface area contributed by atoms with Crippen LogP contribution in [0.2, 0.25) is 0 Å². The van der Waals surface area contributed by atoms with Gasteiger partial charge >= 0.3 is 6.36 Å². The highest BCUT2D eigenvalue weighted by molar-refractivity contribution is 5.20. The first-order chi connectivity index (χ1) is 7.23. The molecule has 0 aromatic heterocycles. The van der Waals surface area contributed by atoms with E-state index in [0.29, 0.717) is 0 Å². The molecule has 0 aliphatic carbocycles. The van der Waals surface area contributed by atoms with Crippen molar-refractivity contribution in [3.05, 3.63) is 35.9 Å². The van der Waals surface area contributed by atoms with Crippen molar-refractivity contribution in [2.45, 2.75) is 25.2 Å². The fraction of sp³-hybridized carbons (Fsp3) is 0.400. The van der Waals surface area contributed by atoms with Crippen molar-refractivity contribution in [1.82, 2.24) is 0 Å². The number of halogens is 3. The number of aliphatic hydroxyl groups is 2.